The van der Waals surface area contributed by atoms with Crippen LogP contribution in [0.2, 0.25) is 0 Å². The fourth-order valence-electron chi connectivity index (χ4n) is 2.46. The number of thiophene rings is 1. The highest BCUT2D eigenvalue weighted by molar-refractivity contribution is 7.10. The van der Waals surface area contributed by atoms with Gasteiger partial charge in [-0.25, -0.2) is 0 Å². The van der Waals surface area contributed by atoms with Crippen molar-refractivity contribution in [3.63, 3.8) is 0 Å². The van der Waals surface area contributed by atoms with Crippen LogP contribution in [-0.4, -0.2) is 23.9 Å². The van der Waals surface area contributed by atoms with Gasteiger partial charge in [-0.3, -0.25) is 4.79 Å². The Labute approximate surface area is 107 Å². The van der Waals surface area contributed by atoms with E-state index < -0.39 is 6.04 Å². The zero-order chi connectivity index (χ0) is 12.3. The van der Waals surface area contributed by atoms with Crippen LogP contribution >= 0.6 is 11.3 Å². The summed E-state index contributed by atoms with van der Waals surface area (Å²) in [7, 11) is 1.89. The smallest absolute Gasteiger partial charge is 0.244 e. The molecule has 2 N–H and O–H groups in total. The lowest BCUT2D eigenvalue weighted by Crippen LogP contribution is -2.43. The van der Waals surface area contributed by atoms with E-state index >= 15 is 0 Å². The van der Waals surface area contributed by atoms with Crippen molar-refractivity contribution in [2.75, 3.05) is 7.05 Å². The number of rotatable bonds is 3. The Bertz CT molecular complexity index is 358. The van der Waals surface area contributed by atoms with E-state index in [4.69, 9.17) is 5.73 Å². The summed E-state index contributed by atoms with van der Waals surface area (Å²) in [6.07, 6.45) is 6.02. The fraction of sp³-hybridized carbons (Fsp3) is 0.615. The van der Waals surface area contributed by atoms with Gasteiger partial charge in [0.2, 0.25) is 5.91 Å². The Hall–Kier alpha value is -0.870. The van der Waals surface area contributed by atoms with Gasteiger partial charge < -0.3 is 10.6 Å². The van der Waals surface area contributed by atoms with Gasteiger partial charge in [-0.15, -0.1) is 11.3 Å². The van der Waals surface area contributed by atoms with Crippen LogP contribution in [0.1, 0.15) is 43.0 Å². The van der Waals surface area contributed by atoms with Gasteiger partial charge in [0.1, 0.15) is 6.04 Å². The summed E-state index contributed by atoms with van der Waals surface area (Å²) in [4.78, 5) is 15.1. The van der Waals surface area contributed by atoms with Crippen LogP contribution in [0.4, 0.5) is 0 Å². The van der Waals surface area contributed by atoms with E-state index in [2.05, 4.69) is 0 Å². The van der Waals surface area contributed by atoms with E-state index in [9.17, 15) is 4.79 Å². The molecule has 4 heteroatoms. The molecule has 2 rings (SSSR count). The summed E-state index contributed by atoms with van der Waals surface area (Å²) in [5.41, 5.74) is 6.01. The Kier molecular flexibility index (Phi) is 4.18. The SMILES string of the molecule is CN(C(=O)C(N)c1cccs1)C1CCCCC1. The van der Waals surface area contributed by atoms with E-state index in [0.717, 1.165) is 17.7 Å². The van der Waals surface area contributed by atoms with Crippen LogP contribution in [0.25, 0.3) is 0 Å². The molecule has 1 aromatic rings. The normalized spacial score (nSPS) is 18.9. The maximum atomic E-state index is 12.2. The van der Waals surface area contributed by atoms with Crippen molar-refractivity contribution in [1.82, 2.24) is 4.90 Å². The summed E-state index contributed by atoms with van der Waals surface area (Å²) in [6.45, 7) is 0. The minimum atomic E-state index is -0.484. The van der Waals surface area contributed by atoms with Gasteiger partial charge >= 0.3 is 0 Å². The molecule has 1 amide bonds. The number of carbonyl (C=O) groups excluding carboxylic acids is 1. The summed E-state index contributed by atoms with van der Waals surface area (Å²) in [5, 5.41) is 1.96. The third kappa shape index (κ3) is 2.87. The average Bonchev–Trinajstić information content (AvgIpc) is 2.91. The molecule has 1 fully saturated rings. The highest BCUT2D eigenvalue weighted by Gasteiger charge is 2.26. The lowest BCUT2D eigenvalue weighted by Gasteiger charge is -2.32. The van der Waals surface area contributed by atoms with Crippen molar-refractivity contribution in [2.24, 2.45) is 5.73 Å². The van der Waals surface area contributed by atoms with E-state index in [1.165, 1.54) is 19.3 Å². The second-order valence-corrected chi connectivity index (χ2v) is 5.71. The zero-order valence-electron chi connectivity index (χ0n) is 10.3. The van der Waals surface area contributed by atoms with Crippen molar-refractivity contribution < 1.29 is 4.79 Å². The minimum absolute atomic E-state index is 0.0550. The molecule has 17 heavy (non-hydrogen) atoms. The molecule has 1 heterocycles. The van der Waals surface area contributed by atoms with E-state index in [0.29, 0.717) is 6.04 Å². The first-order valence-electron chi connectivity index (χ1n) is 6.26. The third-order valence-corrected chi connectivity index (χ3v) is 4.54. The molecule has 0 aromatic carbocycles. The predicted molar refractivity (Wildman–Crippen MR) is 70.9 cm³/mol. The third-order valence-electron chi connectivity index (χ3n) is 3.59. The van der Waals surface area contributed by atoms with Crippen molar-refractivity contribution in [3.8, 4) is 0 Å². The molecule has 0 spiro atoms. The van der Waals surface area contributed by atoms with Crippen LogP contribution < -0.4 is 5.73 Å². The molecule has 3 nitrogen and oxygen atoms in total. The number of hydrogen-bond donors (Lipinski definition) is 1. The quantitative estimate of drug-likeness (QED) is 0.898. The highest BCUT2D eigenvalue weighted by Crippen LogP contribution is 2.25. The molecule has 1 aliphatic carbocycles. The van der Waals surface area contributed by atoms with Gasteiger partial charge in [-0.1, -0.05) is 25.3 Å². The van der Waals surface area contributed by atoms with Crippen LogP contribution in [0.15, 0.2) is 17.5 Å². The Morgan fingerprint density at radius 3 is 2.76 bits per heavy atom. The Balaban J connectivity index is 1.98. The molecule has 1 aromatic heterocycles. The molecule has 0 radical (unpaired) electrons. The number of nitrogens with zero attached hydrogens (tertiary/aromatic N) is 1. The summed E-state index contributed by atoms with van der Waals surface area (Å²) >= 11 is 1.55. The molecule has 0 saturated heterocycles. The van der Waals surface area contributed by atoms with E-state index in [1.54, 1.807) is 11.3 Å². The van der Waals surface area contributed by atoms with Crippen LogP contribution in [0.5, 0.6) is 0 Å². The van der Waals surface area contributed by atoms with Gasteiger partial charge in [-0.05, 0) is 24.3 Å². The molecule has 1 atom stereocenters. The summed E-state index contributed by atoms with van der Waals surface area (Å²) in [5.74, 6) is 0.0550. The molecular weight excluding hydrogens is 232 g/mol. The van der Waals surface area contributed by atoms with Crippen molar-refractivity contribution in [1.29, 1.82) is 0 Å². The molecule has 1 saturated carbocycles. The molecule has 94 valence electrons. The Morgan fingerprint density at radius 1 is 1.47 bits per heavy atom. The van der Waals surface area contributed by atoms with E-state index in [-0.39, 0.29) is 5.91 Å². The second-order valence-electron chi connectivity index (χ2n) is 4.73. The lowest BCUT2D eigenvalue weighted by atomic mass is 9.94. The molecule has 0 aliphatic heterocycles. The molecule has 0 bridgehead atoms. The highest BCUT2D eigenvalue weighted by atomic mass is 32.1. The maximum Gasteiger partial charge on any atom is 0.244 e. The molecule has 1 unspecified atom stereocenters. The van der Waals surface area contributed by atoms with Crippen molar-refractivity contribution >= 4 is 17.2 Å². The number of likely N-dealkylation sites (N-methyl/N-ethyl adjacent to an activating group) is 1. The number of hydrogen-bond acceptors (Lipinski definition) is 3. The van der Waals surface area contributed by atoms with Crippen LogP contribution in [0, 0.1) is 0 Å². The van der Waals surface area contributed by atoms with Crippen LogP contribution in [0.3, 0.4) is 0 Å². The molecular formula is C13H20N2OS. The van der Waals surface area contributed by atoms with Gasteiger partial charge in [0.15, 0.2) is 0 Å². The average molecular weight is 252 g/mol. The fourth-order valence-corrected chi connectivity index (χ4v) is 3.18. The first kappa shape index (κ1) is 12.6. The predicted octanol–water partition coefficient (Wildman–Crippen LogP) is 2.54. The number of nitrogens with two attached hydrogens (primary N) is 1. The van der Waals surface area contributed by atoms with Gasteiger partial charge in [0.05, 0.1) is 0 Å². The standard InChI is InChI=1S/C13H20N2OS/c1-15(10-6-3-2-4-7-10)13(16)12(14)11-8-5-9-17-11/h5,8-10,12H,2-4,6-7,14H2,1H3. The lowest BCUT2D eigenvalue weighted by molar-refractivity contribution is -0.134. The number of carbonyl (C=O) groups is 1. The molecule has 1 aliphatic rings. The van der Waals surface area contributed by atoms with Crippen molar-refractivity contribution in [2.45, 2.75) is 44.2 Å². The van der Waals surface area contributed by atoms with Crippen molar-refractivity contribution in [3.05, 3.63) is 22.4 Å². The largest absolute Gasteiger partial charge is 0.341 e. The Morgan fingerprint density at radius 2 is 2.18 bits per heavy atom. The second kappa shape index (κ2) is 5.65. The zero-order valence-corrected chi connectivity index (χ0v) is 11.1. The van der Waals surface area contributed by atoms with Gasteiger partial charge in [0.25, 0.3) is 0 Å². The topological polar surface area (TPSA) is 46.3 Å². The summed E-state index contributed by atoms with van der Waals surface area (Å²) < 4.78 is 0. The first-order chi connectivity index (χ1) is 8.20. The monoisotopic (exact) mass is 252 g/mol. The first-order valence-corrected chi connectivity index (χ1v) is 7.14. The van der Waals surface area contributed by atoms with Crippen LogP contribution in [-0.2, 0) is 4.79 Å². The number of amides is 1. The van der Waals surface area contributed by atoms with Gasteiger partial charge in [-0.2, -0.15) is 0 Å². The van der Waals surface area contributed by atoms with E-state index in [1.807, 2.05) is 29.5 Å². The van der Waals surface area contributed by atoms with Gasteiger partial charge in [0, 0.05) is 18.0 Å². The minimum Gasteiger partial charge on any atom is -0.341 e. The summed E-state index contributed by atoms with van der Waals surface area (Å²) in [6, 6.07) is 3.78. The maximum absolute atomic E-state index is 12.2.